The Bertz CT molecular complexity index is 958. The van der Waals surface area contributed by atoms with Gasteiger partial charge in [-0.3, -0.25) is 19.2 Å². The van der Waals surface area contributed by atoms with Crippen LogP contribution in [-0.2, 0) is 28.7 Å². The second-order valence-corrected chi connectivity index (χ2v) is 8.06. The predicted molar refractivity (Wildman–Crippen MR) is 122 cm³/mol. The third kappa shape index (κ3) is 10.3. The van der Waals surface area contributed by atoms with E-state index in [1.54, 1.807) is 13.8 Å². The van der Waals surface area contributed by atoms with Crippen molar-refractivity contribution in [2.75, 3.05) is 26.4 Å². The van der Waals surface area contributed by atoms with Gasteiger partial charge >= 0.3 is 17.9 Å². The third-order valence-electron chi connectivity index (χ3n) is 4.74. The molecule has 0 aliphatic rings. The van der Waals surface area contributed by atoms with Crippen molar-refractivity contribution in [3.63, 3.8) is 0 Å². The number of carbonyl (C=O) groups is 4. The van der Waals surface area contributed by atoms with Crippen LogP contribution in [0.5, 0.6) is 5.75 Å². The van der Waals surface area contributed by atoms with Gasteiger partial charge < -0.3 is 24.4 Å². The quantitative estimate of drug-likeness (QED) is 0.145. The molecule has 0 saturated carbocycles. The third-order valence-corrected chi connectivity index (χ3v) is 4.74. The van der Waals surface area contributed by atoms with Crippen LogP contribution in [0.15, 0.2) is 0 Å². The normalized spacial score (nSPS) is 13.3. The highest BCUT2D eigenvalue weighted by Gasteiger charge is 2.39. The van der Waals surface area contributed by atoms with Crippen molar-refractivity contribution in [1.29, 1.82) is 0 Å². The van der Waals surface area contributed by atoms with E-state index >= 15 is 0 Å². The van der Waals surface area contributed by atoms with Gasteiger partial charge in [-0.2, -0.15) is 8.78 Å². The Morgan fingerprint density at radius 2 is 1.05 bits per heavy atom. The summed E-state index contributed by atoms with van der Waals surface area (Å²) in [4.78, 5) is 44.4. The molecule has 38 heavy (non-hydrogen) atoms. The molecule has 14 heteroatoms. The maximum absolute atomic E-state index is 13.4. The molecular formula is C24H33F5O9. The highest BCUT2D eigenvalue weighted by atomic mass is 19.2. The highest BCUT2D eigenvalue weighted by molar-refractivity contribution is 5.84. The lowest BCUT2D eigenvalue weighted by atomic mass is 9.86. The van der Waals surface area contributed by atoms with E-state index in [1.165, 1.54) is 6.92 Å². The van der Waals surface area contributed by atoms with E-state index in [4.69, 9.17) is 14.9 Å². The van der Waals surface area contributed by atoms with Gasteiger partial charge in [0.1, 0.15) is 24.4 Å². The number of hydrogen-bond donors (Lipinski definition) is 2. The summed E-state index contributed by atoms with van der Waals surface area (Å²) in [5.41, 5.74) is -2.91. The minimum Gasteiger partial charge on any atom is -0.465 e. The molecule has 0 saturated heterocycles. The van der Waals surface area contributed by atoms with Crippen molar-refractivity contribution in [3.05, 3.63) is 29.1 Å². The molecule has 2 N–H and O–H groups in total. The zero-order valence-corrected chi connectivity index (χ0v) is 22.2. The molecule has 1 rings (SSSR count). The van der Waals surface area contributed by atoms with Crippen molar-refractivity contribution in [2.24, 2.45) is 10.8 Å². The van der Waals surface area contributed by atoms with Crippen LogP contribution in [0.4, 0.5) is 22.0 Å². The minimum atomic E-state index is -2.41. The summed E-state index contributed by atoms with van der Waals surface area (Å²) in [5, 5.41) is 18.1. The molecule has 0 amide bonds. The van der Waals surface area contributed by atoms with Gasteiger partial charge in [-0.05, 0) is 13.8 Å². The van der Waals surface area contributed by atoms with E-state index in [2.05, 4.69) is 9.47 Å². The van der Waals surface area contributed by atoms with Gasteiger partial charge in [0.05, 0.1) is 18.6 Å². The Hall–Kier alpha value is -3.13. The maximum atomic E-state index is 13.4. The lowest BCUT2D eigenvalue weighted by Gasteiger charge is -2.24. The SMILES string of the molecule is CC.CC(=O)OCC(C)(CO)C(=O)Oc1c(F)c(F)c(F)c(F)c1F.CCC(=O)C(C)(CO)COC(C)=O. The molecule has 9 nitrogen and oxygen atoms in total. The first-order valence-corrected chi connectivity index (χ1v) is 11.3. The Balaban J connectivity index is 0. The molecule has 218 valence electrons. The van der Waals surface area contributed by atoms with E-state index in [9.17, 15) is 41.1 Å². The van der Waals surface area contributed by atoms with Gasteiger partial charge in [0.2, 0.25) is 34.8 Å². The maximum Gasteiger partial charge on any atom is 0.323 e. The second kappa shape index (κ2) is 16.7. The van der Waals surface area contributed by atoms with Crippen molar-refractivity contribution < 1.29 is 65.6 Å². The first-order chi connectivity index (χ1) is 17.5. The topological polar surface area (TPSA) is 136 Å². The smallest absolute Gasteiger partial charge is 0.323 e. The van der Waals surface area contributed by atoms with Crippen LogP contribution in [0.25, 0.3) is 0 Å². The average molecular weight is 561 g/mol. The first-order valence-electron chi connectivity index (χ1n) is 11.3. The minimum absolute atomic E-state index is 0.0501. The fourth-order valence-corrected chi connectivity index (χ4v) is 2.22. The predicted octanol–water partition coefficient (Wildman–Crippen LogP) is 3.40. The molecule has 0 heterocycles. The Morgan fingerprint density at radius 1 is 0.711 bits per heavy atom. The van der Waals surface area contributed by atoms with Crippen LogP contribution >= 0.6 is 0 Å². The number of halogens is 5. The van der Waals surface area contributed by atoms with Gasteiger partial charge in [0.25, 0.3) is 0 Å². The summed E-state index contributed by atoms with van der Waals surface area (Å²) in [6.07, 6.45) is 0.332. The molecule has 2 atom stereocenters. The Labute approximate surface area is 216 Å². The van der Waals surface area contributed by atoms with E-state index in [0.717, 1.165) is 13.8 Å². The Morgan fingerprint density at radius 3 is 1.37 bits per heavy atom. The van der Waals surface area contributed by atoms with Gasteiger partial charge in [-0.25, -0.2) is 13.2 Å². The Kier molecular flexibility index (Phi) is 16.2. The number of aliphatic hydroxyl groups is 2. The van der Waals surface area contributed by atoms with E-state index in [0.29, 0.717) is 6.42 Å². The molecule has 2 unspecified atom stereocenters. The number of ketones is 1. The summed E-state index contributed by atoms with van der Waals surface area (Å²) < 4.78 is 79.1. The zero-order valence-electron chi connectivity index (χ0n) is 22.2. The molecular weight excluding hydrogens is 527 g/mol. The number of hydrogen-bond acceptors (Lipinski definition) is 9. The second-order valence-electron chi connectivity index (χ2n) is 8.06. The molecule has 1 aromatic carbocycles. The summed E-state index contributed by atoms with van der Waals surface area (Å²) >= 11 is 0. The average Bonchev–Trinajstić information content (AvgIpc) is 2.91. The fraction of sp³-hybridized carbons (Fsp3) is 0.583. The number of Topliss-reactive ketones (excluding diaryl/α,β-unsaturated/α-hetero) is 1. The molecule has 0 bridgehead atoms. The fourth-order valence-electron chi connectivity index (χ4n) is 2.22. The van der Waals surface area contributed by atoms with Crippen molar-refractivity contribution in [1.82, 2.24) is 0 Å². The van der Waals surface area contributed by atoms with Crippen molar-refractivity contribution >= 4 is 23.7 Å². The van der Waals surface area contributed by atoms with E-state index in [-0.39, 0.29) is 19.0 Å². The highest BCUT2D eigenvalue weighted by Crippen LogP contribution is 2.31. The van der Waals surface area contributed by atoms with Crippen LogP contribution in [-0.4, -0.2) is 60.3 Å². The standard InChI is InChI=1S/C13H11F5O5.C9H16O4.C2H6/c1-5(20)22-4-13(2,3-19)12(21)23-11-9(17)7(15)6(14)8(16)10(11)18;1-4-8(12)9(3,5-10)6-13-7(2)11;1-2/h19H,3-4H2,1-2H3;10H,4-6H2,1-3H3;1-2H3. The molecule has 1 aromatic rings. The van der Waals surface area contributed by atoms with Crippen molar-refractivity contribution in [2.45, 2.75) is 54.9 Å². The van der Waals surface area contributed by atoms with Crippen LogP contribution in [0.3, 0.4) is 0 Å². The number of aliphatic hydroxyl groups excluding tert-OH is 2. The van der Waals surface area contributed by atoms with Crippen LogP contribution in [0, 0.1) is 39.9 Å². The van der Waals surface area contributed by atoms with Crippen LogP contribution in [0.1, 0.15) is 54.9 Å². The molecule has 0 spiro atoms. The zero-order chi connectivity index (χ0) is 30.4. The lowest BCUT2D eigenvalue weighted by molar-refractivity contribution is -0.158. The van der Waals surface area contributed by atoms with Crippen LogP contribution < -0.4 is 4.74 Å². The number of carbonyl (C=O) groups excluding carboxylic acids is 4. The largest absolute Gasteiger partial charge is 0.465 e. The molecule has 0 aromatic heterocycles. The molecule has 0 radical (unpaired) electrons. The number of benzene rings is 1. The monoisotopic (exact) mass is 560 g/mol. The summed E-state index contributed by atoms with van der Waals surface area (Å²) in [6, 6.07) is 0. The van der Waals surface area contributed by atoms with Gasteiger partial charge in [0, 0.05) is 20.3 Å². The summed E-state index contributed by atoms with van der Waals surface area (Å²) in [5.74, 6) is -16.4. The number of ether oxygens (including phenoxy) is 3. The molecule has 0 aliphatic heterocycles. The van der Waals surface area contributed by atoms with E-state index in [1.807, 2.05) is 13.8 Å². The summed E-state index contributed by atoms with van der Waals surface area (Å²) in [6.45, 7) is 8.51. The summed E-state index contributed by atoms with van der Waals surface area (Å²) in [7, 11) is 0. The van der Waals surface area contributed by atoms with E-state index < -0.39 is 76.8 Å². The van der Waals surface area contributed by atoms with Gasteiger partial charge in [-0.1, -0.05) is 20.8 Å². The first kappa shape index (κ1) is 37.0. The van der Waals surface area contributed by atoms with Gasteiger partial charge in [-0.15, -0.1) is 0 Å². The van der Waals surface area contributed by atoms with Gasteiger partial charge in [0.15, 0.2) is 0 Å². The van der Waals surface area contributed by atoms with Crippen LogP contribution in [0.2, 0.25) is 0 Å². The lowest BCUT2D eigenvalue weighted by Crippen LogP contribution is -2.40. The molecule has 0 aliphatic carbocycles. The number of rotatable bonds is 10. The van der Waals surface area contributed by atoms with Crippen molar-refractivity contribution in [3.8, 4) is 5.75 Å². The number of esters is 3. The molecule has 0 fully saturated rings.